The van der Waals surface area contributed by atoms with Crippen molar-refractivity contribution in [1.29, 1.82) is 0 Å². The maximum absolute atomic E-state index is 5.88. The Balaban J connectivity index is 2.50. The van der Waals surface area contributed by atoms with E-state index >= 15 is 0 Å². The van der Waals surface area contributed by atoms with Crippen LogP contribution in [0.25, 0.3) is 11.5 Å². The Bertz CT molecular complexity index is 502. The zero-order chi connectivity index (χ0) is 10.8. The van der Waals surface area contributed by atoms with Crippen molar-refractivity contribution in [1.82, 2.24) is 15.0 Å². The van der Waals surface area contributed by atoms with Gasteiger partial charge in [0.05, 0.1) is 4.47 Å². The van der Waals surface area contributed by atoms with Crippen molar-refractivity contribution in [3.63, 3.8) is 0 Å². The molecule has 76 valence electrons. The molecule has 15 heavy (non-hydrogen) atoms. The van der Waals surface area contributed by atoms with Crippen molar-refractivity contribution in [2.24, 2.45) is 0 Å². The van der Waals surface area contributed by atoms with E-state index in [2.05, 4.69) is 30.9 Å². The van der Waals surface area contributed by atoms with Crippen LogP contribution in [0.3, 0.4) is 0 Å². The molecule has 0 saturated carbocycles. The van der Waals surface area contributed by atoms with Crippen LogP contribution in [0.5, 0.6) is 0 Å². The monoisotopic (exact) mass is 283 g/mol. The highest BCUT2D eigenvalue weighted by molar-refractivity contribution is 9.10. The molecular formula is C10H7BrClN3. The quantitative estimate of drug-likeness (QED) is 0.755. The molecular weight excluding hydrogens is 277 g/mol. The highest BCUT2D eigenvalue weighted by Crippen LogP contribution is 2.22. The third-order valence-corrected chi connectivity index (χ3v) is 2.94. The fourth-order valence-electron chi connectivity index (χ4n) is 1.13. The number of rotatable bonds is 1. The second-order valence-electron chi connectivity index (χ2n) is 3.05. The number of halogens is 2. The van der Waals surface area contributed by atoms with Crippen molar-refractivity contribution in [3.05, 3.63) is 39.7 Å². The molecule has 2 aromatic rings. The smallest absolute Gasteiger partial charge is 0.179 e. The molecule has 0 fully saturated rings. The summed E-state index contributed by atoms with van der Waals surface area (Å²) in [6, 6.07) is 3.84. The molecule has 0 spiro atoms. The summed E-state index contributed by atoms with van der Waals surface area (Å²) in [7, 11) is 0. The molecule has 0 aromatic carbocycles. The summed E-state index contributed by atoms with van der Waals surface area (Å²) in [4.78, 5) is 12.5. The van der Waals surface area contributed by atoms with E-state index in [9.17, 15) is 0 Å². The van der Waals surface area contributed by atoms with Crippen LogP contribution >= 0.6 is 27.5 Å². The lowest BCUT2D eigenvalue weighted by atomic mass is 10.2. The molecule has 0 radical (unpaired) electrons. The van der Waals surface area contributed by atoms with Crippen molar-refractivity contribution >= 4 is 27.5 Å². The molecule has 0 aliphatic heterocycles. The molecule has 0 aliphatic carbocycles. The maximum atomic E-state index is 5.88. The Morgan fingerprint density at radius 3 is 2.80 bits per heavy atom. The number of nitrogens with zero attached hydrogens (tertiary/aromatic N) is 3. The Labute approximate surface area is 101 Å². The lowest BCUT2D eigenvalue weighted by Gasteiger charge is -2.01. The van der Waals surface area contributed by atoms with E-state index in [4.69, 9.17) is 11.6 Å². The third kappa shape index (κ3) is 2.33. The first-order valence-electron chi connectivity index (χ1n) is 4.28. The highest BCUT2D eigenvalue weighted by atomic mass is 79.9. The Hall–Kier alpha value is -1.00. The average Bonchev–Trinajstić information content (AvgIpc) is 2.22. The van der Waals surface area contributed by atoms with E-state index < -0.39 is 0 Å². The van der Waals surface area contributed by atoms with Crippen molar-refractivity contribution < 1.29 is 0 Å². The van der Waals surface area contributed by atoms with Crippen LogP contribution in [-0.2, 0) is 0 Å². The van der Waals surface area contributed by atoms with Gasteiger partial charge in [0.25, 0.3) is 0 Å². The Morgan fingerprint density at radius 2 is 2.13 bits per heavy atom. The van der Waals surface area contributed by atoms with Crippen molar-refractivity contribution in [2.45, 2.75) is 6.92 Å². The second-order valence-corrected chi connectivity index (χ2v) is 4.26. The summed E-state index contributed by atoms with van der Waals surface area (Å²) in [6.07, 6.45) is 3.35. The lowest BCUT2D eigenvalue weighted by Crippen LogP contribution is -1.92. The molecule has 2 heterocycles. The molecule has 0 saturated heterocycles. The fraction of sp³-hybridized carbons (Fsp3) is 0.100. The standard InChI is InChI=1S/C10H7BrClN3/c1-6-2-3-13-8(4-6)10-14-5-7(11)9(12)15-10/h2-5H,1H3. The summed E-state index contributed by atoms with van der Waals surface area (Å²) in [5.41, 5.74) is 1.84. The van der Waals surface area contributed by atoms with Gasteiger partial charge in [-0.3, -0.25) is 4.98 Å². The molecule has 2 rings (SSSR count). The van der Waals surface area contributed by atoms with Crippen LogP contribution in [0.15, 0.2) is 29.0 Å². The van der Waals surface area contributed by atoms with Gasteiger partial charge < -0.3 is 0 Å². The molecule has 0 aliphatic rings. The van der Waals surface area contributed by atoms with Gasteiger partial charge in [-0.25, -0.2) is 9.97 Å². The molecule has 0 amide bonds. The minimum absolute atomic E-state index is 0.392. The predicted octanol–water partition coefficient (Wildman–Crippen LogP) is 3.26. The van der Waals surface area contributed by atoms with Crippen molar-refractivity contribution in [2.75, 3.05) is 0 Å². The first-order chi connectivity index (χ1) is 7.16. The summed E-state index contributed by atoms with van der Waals surface area (Å²) in [6.45, 7) is 1.99. The highest BCUT2D eigenvalue weighted by Gasteiger charge is 2.05. The molecule has 0 bridgehead atoms. The van der Waals surface area contributed by atoms with Crippen LogP contribution in [0.2, 0.25) is 5.15 Å². The summed E-state index contributed by atoms with van der Waals surface area (Å²) >= 11 is 9.12. The summed E-state index contributed by atoms with van der Waals surface area (Å²) < 4.78 is 0.681. The molecule has 5 heteroatoms. The minimum atomic E-state index is 0.392. The summed E-state index contributed by atoms with van der Waals surface area (Å²) in [5.74, 6) is 0.534. The predicted molar refractivity (Wildman–Crippen MR) is 62.7 cm³/mol. The van der Waals surface area contributed by atoms with E-state index in [1.807, 2.05) is 19.1 Å². The third-order valence-electron chi connectivity index (χ3n) is 1.85. The first-order valence-corrected chi connectivity index (χ1v) is 5.45. The summed E-state index contributed by atoms with van der Waals surface area (Å²) in [5, 5.41) is 0.392. The maximum Gasteiger partial charge on any atom is 0.179 e. The van der Waals surface area contributed by atoms with E-state index in [0.29, 0.717) is 15.5 Å². The van der Waals surface area contributed by atoms with Crippen LogP contribution in [0, 0.1) is 6.92 Å². The van der Waals surface area contributed by atoms with E-state index in [1.54, 1.807) is 12.4 Å². The molecule has 0 atom stereocenters. The van der Waals surface area contributed by atoms with Crippen molar-refractivity contribution in [3.8, 4) is 11.5 Å². The second kappa shape index (κ2) is 4.24. The first kappa shape index (κ1) is 10.5. The van der Waals surface area contributed by atoms with Gasteiger partial charge in [-0.05, 0) is 40.5 Å². The lowest BCUT2D eigenvalue weighted by molar-refractivity contribution is 1.12. The molecule has 0 unspecified atom stereocenters. The van der Waals surface area contributed by atoms with Crippen LogP contribution < -0.4 is 0 Å². The van der Waals surface area contributed by atoms with Gasteiger partial charge in [0, 0.05) is 12.4 Å². The molecule has 3 nitrogen and oxygen atoms in total. The zero-order valence-corrected chi connectivity index (χ0v) is 10.2. The molecule has 2 aromatic heterocycles. The van der Waals surface area contributed by atoms with E-state index in [-0.39, 0.29) is 0 Å². The minimum Gasteiger partial charge on any atom is -0.253 e. The Kier molecular flexibility index (Phi) is 2.98. The van der Waals surface area contributed by atoms with Gasteiger partial charge in [0.1, 0.15) is 10.8 Å². The van der Waals surface area contributed by atoms with Crippen LogP contribution in [0.1, 0.15) is 5.56 Å². The van der Waals surface area contributed by atoms with Crippen LogP contribution in [0.4, 0.5) is 0 Å². The molecule has 0 N–H and O–H groups in total. The topological polar surface area (TPSA) is 38.7 Å². The normalized spacial score (nSPS) is 10.3. The van der Waals surface area contributed by atoms with Gasteiger partial charge in [-0.1, -0.05) is 11.6 Å². The number of pyridine rings is 1. The zero-order valence-electron chi connectivity index (χ0n) is 7.91. The number of hydrogen-bond donors (Lipinski definition) is 0. The number of aryl methyl sites for hydroxylation is 1. The average molecular weight is 285 g/mol. The largest absolute Gasteiger partial charge is 0.253 e. The van der Waals surface area contributed by atoms with Gasteiger partial charge in [0.2, 0.25) is 0 Å². The SMILES string of the molecule is Cc1ccnc(-c2ncc(Br)c(Cl)n2)c1. The van der Waals surface area contributed by atoms with Gasteiger partial charge in [0.15, 0.2) is 5.82 Å². The number of aromatic nitrogens is 3. The van der Waals surface area contributed by atoms with Crippen LogP contribution in [-0.4, -0.2) is 15.0 Å². The van der Waals surface area contributed by atoms with E-state index in [0.717, 1.165) is 11.3 Å². The fourth-order valence-corrected chi connectivity index (χ4v) is 1.45. The Morgan fingerprint density at radius 1 is 1.33 bits per heavy atom. The van der Waals surface area contributed by atoms with Gasteiger partial charge >= 0.3 is 0 Å². The number of hydrogen-bond acceptors (Lipinski definition) is 3. The van der Waals surface area contributed by atoms with Gasteiger partial charge in [-0.2, -0.15) is 0 Å². The van der Waals surface area contributed by atoms with E-state index in [1.165, 1.54) is 0 Å². The van der Waals surface area contributed by atoms with Gasteiger partial charge in [-0.15, -0.1) is 0 Å².